The second-order valence-corrected chi connectivity index (χ2v) is 3.65. The van der Waals surface area contributed by atoms with Gasteiger partial charge in [0.15, 0.2) is 0 Å². The van der Waals surface area contributed by atoms with Gasteiger partial charge in [-0.2, -0.15) is 0 Å². The maximum Gasteiger partial charge on any atom is 0.313 e. The van der Waals surface area contributed by atoms with Crippen LogP contribution in [0, 0.1) is 6.92 Å². The summed E-state index contributed by atoms with van der Waals surface area (Å²) in [6, 6.07) is 7.58. The number of hydrogen-bond acceptors (Lipinski definition) is 2. The van der Waals surface area contributed by atoms with E-state index < -0.39 is 11.9 Å². The molecule has 0 fully saturated rings. The van der Waals surface area contributed by atoms with E-state index in [-0.39, 0.29) is 0 Å². The van der Waals surface area contributed by atoms with Crippen molar-refractivity contribution in [2.75, 3.05) is 0 Å². The van der Waals surface area contributed by atoms with Crippen LogP contribution in [0.3, 0.4) is 0 Å². The largest absolute Gasteiger partial charge is 0.481 e. The smallest absolute Gasteiger partial charge is 0.313 e. The quantitative estimate of drug-likeness (QED) is 0.818. The van der Waals surface area contributed by atoms with Gasteiger partial charge in [-0.3, -0.25) is 4.79 Å². The third-order valence-corrected chi connectivity index (χ3v) is 2.64. The van der Waals surface area contributed by atoms with E-state index in [4.69, 9.17) is 9.52 Å². The Morgan fingerprint density at radius 2 is 2.07 bits per heavy atom. The summed E-state index contributed by atoms with van der Waals surface area (Å²) in [7, 11) is 0. The Balaban J connectivity index is 2.63. The second-order valence-electron chi connectivity index (χ2n) is 3.65. The molecule has 2 aromatic rings. The Hall–Kier alpha value is -1.77. The number of aliphatic carboxylic acids is 1. The van der Waals surface area contributed by atoms with E-state index in [0.717, 1.165) is 16.5 Å². The molecule has 0 aliphatic heterocycles. The van der Waals surface area contributed by atoms with E-state index in [1.165, 1.54) is 0 Å². The number of carboxylic acids is 1. The fourth-order valence-corrected chi connectivity index (χ4v) is 1.72. The monoisotopic (exact) mass is 204 g/mol. The van der Waals surface area contributed by atoms with Crippen LogP contribution in [0.4, 0.5) is 0 Å². The number of hydrogen-bond donors (Lipinski definition) is 1. The molecule has 0 aliphatic carbocycles. The van der Waals surface area contributed by atoms with Crippen LogP contribution in [-0.4, -0.2) is 11.1 Å². The average molecular weight is 204 g/mol. The number of furan rings is 1. The third kappa shape index (κ3) is 1.50. The maximum absolute atomic E-state index is 10.9. The second kappa shape index (κ2) is 3.42. The Bertz CT molecular complexity index is 511. The fraction of sp³-hybridized carbons (Fsp3) is 0.250. The van der Waals surface area contributed by atoms with Crippen molar-refractivity contribution in [3.63, 3.8) is 0 Å². The highest BCUT2D eigenvalue weighted by Gasteiger charge is 2.21. The van der Waals surface area contributed by atoms with E-state index >= 15 is 0 Å². The van der Waals surface area contributed by atoms with Gasteiger partial charge in [0.1, 0.15) is 17.3 Å². The molecule has 0 bridgehead atoms. The summed E-state index contributed by atoms with van der Waals surface area (Å²) in [6.45, 7) is 3.52. The fourth-order valence-electron chi connectivity index (χ4n) is 1.72. The van der Waals surface area contributed by atoms with Gasteiger partial charge in [0.25, 0.3) is 0 Å². The third-order valence-electron chi connectivity index (χ3n) is 2.64. The molecular formula is C12H12O3. The van der Waals surface area contributed by atoms with Crippen molar-refractivity contribution in [2.24, 2.45) is 0 Å². The van der Waals surface area contributed by atoms with Crippen molar-refractivity contribution >= 4 is 16.9 Å². The zero-order valence-corrected chi connectivity index (χ0v) is 8.65. The lowest BCUT2D eigenvalue weighted by Gasteiger charge is -2.02. The van der Waals surface area contributed by atoms with Crippen LogP contribution in [-0.2, 0) is 4.79 Å². The summed E-state index contributed by atoms with van der Waals surface area (Å²) in [5.41, 5.74) is 1.67. The Kier molecular flexibility index (Phi) is 2.23. The number of carboxylic acid groups (broad SMARTS) is 1. The Morgan fingerprint density at radius 1 is 1.40 bits per heavy atom. The van der Waals surface area contributed by atoms with Crippen molar-refractivity contribution in [1.29, 1.82) is 0 Å². The van der Waals surface area contributed by atoms with Crippen molar-refractivity contribution in [1.82, 2.24) is 0 Å². The van der Waals surface area contributed by atoms with Crippen LogP contribution in [0.5, 0.6) is 0 Å². The SMILES string of the molecule is Cc1c(C(C)C(=O)O)oc2ccccc12. The van der Waals surface area contributed by atoms with Crippen LogP contribution in [0.2, 0.25) is 0 Å². The molecule has 78 valence electrons. The van der Waals surface area contributed by atoms with E-state index in [0.29, 0.717) is 5.76 Å². The zero-order chi connectivity index (χ0) is 11.0. The minimum Gasteiger partial charge on any atom is -0.481 e. The molecule has 1 aromatic carbocycles. The van der Waals surface area contributed by atoms with E-state index in [2.05, 4.69) is 0 Å². The lowest BCUT2D eigenvalue weighted by atomic mass is 10.0. The number of benzene rings is 1. The molecule has 1 heterocycles. The molecule has 0 amide bonds. The Labute approximate surface area is 87.3 Å². The topological polar surface area (TPSA) is 50.4 Å². The van der Waals surface area contributed by atoms with Gasteiger partial charge in [0, 0.05) is 5.39 Å². The summed E-state index contributed by atoms with van der Waals surface area (Å²) in [4.78, 5) is 10.9. The molecule has 0 radical (unpaired) electrons. The van der Waals surface area contributed by atoms with Crippen molar-refractivity contribution in [3.05, 3.63) is 35.6 Å². The minimum atomic E-state index is -0.864. The van der Waals surface area contributed by atoms with Gasteiger partial charge >= 0.3 is 5.97 Å². The number of aryl methyl sites for hydroxylation is 1. The first-order valence-corrected chi connectivity index (χ1v) is 4.82. The molecule has 3 heteroatoms. The first-order valence-electron chi connectivity index (χ1n) is 4.82. The summed E-state index contributed by atoms with van der Waals surface area (Å²) in [6.07, 6.45) is 0. The maximum atomic E-state index is 10.9. The lowest BCUT2D eigenvalue weighted by Crippen LogP contribution is -2.07. The molecule has 0 saturated heterocycles. The summed E-state index contributed by atoms with van der Waals surface area (Å²) in [5, 5.41) is 9.91. The normalized spacial score (nSPS) is 12.9. The summed E-state index contributed by atoms with van der Waals surface area (Å²) >= 11 is 0. The van der Waals surface area contributed by atoms with Gasteiger partial charge < -0.3 is 9.52 Å². The number of para-hydroxylation sites is 1. The lowest BCUT2D eigenvalue weighted by molar-refractivity contribution is -0.138. The number of rotatable bonds is 2. The number of fused-ring (bicyclic) bond motifs is 1. The molecule has 0 spiro atoms. The zero-order valence-electron chi connectivity index (χ0n) is 8.65. The molecular weight excluding hydrogens is 192 g/mol. The van der Waals surface area contributed by atoms with Crippen molar-refractivity contribution in [3.8, 4) is 0 Å². The molecule has 0 aliphatic rings. The number of carbonyl (C=O) groups is 1. The first-order chi connectivity index (χ1) is 7.11. The molecule has 1 aromatic heterocycles. The van der Waals surface area contributed by atoms with Crippen LogP contribution < -0.4 is 0 Å². The van der Waals surface area contributed by atoms with Gasteiger partial charge in [-0.15, -0.1) is 0 Å². The minimum absolute atomic E-state index is 0.545. The van der Waals surface area contributed by atoms with Crippen molar-refractivity contribution < 1.29 is 14.3 Å². The van der Waals surface area contributed by atoms with Crippen LogP contribution >= 0.6 is 0 Å². The molecule has 1 N–H and O–H groups in total. The van der Waals surface area contributed by atoms with E-state index in [1.54, 1.807) is 6.92 Å². The van der Waals surface area contributed by atoms with Crippen LogP contribution in [0.1, 0.15) is 24.2 Å². The van der Waals surface area contributed by atoms with Gasteiger partial charge in [0.2, 0.25) is 0 Å². The van der Waals surface area contributed by atoms with Gasteiger partial charge in [-0.25, -0.2) is 0 Å². The first kappa shape index (κ1) is 9.77. The van der Waals surface area contributed by atoms with E-state index in [9.17, 15) is 4.79 Å². The van der Waals surface area contributed by atoms with Crippen LogP contribution in [0.25, 0.3) is 11.0 Å². The Morgan fingerprint density at radius 3 is 2.67 bits per heavy atom. The van der Waals surface area contributed by atoms with Gasteiger partial charge in [0.05, 0.1) is 0 Å². The molecule has 0 saturated carbocycles. The highest BCUT2D eigenvalue weighted by Crippen LogP contribution is 2.30. The highest BCUT2D eigenvalue weighted by molar-refractivity contribution is 5.85. The average Bonchev–Trinajstić information content (AvgIpc) is 2.56. The standard InChI is InChI=1S/C12H12O3/c1-7-9-5-3-4-6-10(9)15-11(7)8(2)12(13)14/h3-6,8H,1-2H3,(H,13,14). The van der Waals surface area contributed by atoms with Gasteiger partial charge in [-0.05, 0) is 25.5 Å². The molecule has 15 heavy (non-hydrogen) atoms. The van der Waals surface area contributed by atoms with Gasteiger partial charge in [-0.1, -0.05) is 18.2 Å². The highest BCUT2D eigenvalue weighted by atomic mass is 16.4. The van der Waals surface area contributed by atoms with Crippen LogP contribution in [0.15, 0.2) is 28.7 Å². The summed E-state index contributed by atoms with van der Waals surface area (Å²) in [5.74, 6) is -0.918. The molecule has 3 nitrogen and oxygen atoms in total. The molecule has 1 atom stereocenters. The van der Waals surface area contributed by atoms with Crippen molar-refractivity contribution in [2.45, 2.75) is 19.8 Å². The summed E-state index contributed by atoms with van der Waals surface area (Å²) < 4.78 is 5.54. The van der Waals surface area contributed by atoms with E-state index in [1.807, 2.05) is 31.2 Å². The predicted octanol–water partition coefficient (Wildman–Crippen LogP) is 2.93. The molecule has 2 rings (SSSR count). The predicted molar refractivity (Wildman–Crippen MR) is 57.0 cm³/mol. The molecule has 1 unspecified atom stereocenters.